The maximum atomic E-state index is 10.9. The van der Waals surface area contributed by atoms with Crippen LogP contribution in [0.1, 0.15) is 12.8 Å². The molecule has 2 heterocycles. The van der Waals surface area contributed by atoms with Crippen molar-refractivity contribution in [3.05, 3.63) is 0 Å². The Kier molecular flexibility index (Phi) is 7.47. The first-order chi connectivity index (χ1) is 13.7. The van der Waals surface area contributed by atoms with E-state index in [1.165, 1.54) is 0 Å². The fourth-order valence-corrected chi connectivity index (χ4v) is 4.59. The molecule has 12 heteroatoms. The molecule has 0 aromatic rings. The standard InChI is InChI=1S/C17H34N4O8/c18-3-8-13(24)15(26)11(21)16(27-8)10-9(4-22)29-17(14(10)25)28-7-2-5(19)1-6(20)12(7)23/h5-17,22-26H,1-4,18-21H2/t5-,6+,7-,8+,9+,10+,11+,12-,13+,14+,15+,16?,17+/m0/s1. The summed E-state index contributed by atoms with van der Waals surface area (Å²) < 4.78 is 17.2. The Labute approximate surface area is 168 Å². The Bertz CT molecular complexity index is 546. The highest BCUT2D eigenvalue weighted by Crippen LogP contribution is 2.37. The lowest BCUT2D eigenvalue weighted by atomic mass is 9.82. The molecular weight excluding hydrogens is 388 g/mol. The van der Waals surface area contributed by atoms with Crippen LogP contribution < -0.4 is 22.9 Å². The van der Waals surface area contributed by atoms with Gasteiger partial charge in [-0.25, -0.2) is 0 Å². The highest BCUT2D eigenvalue weighted by Gasteiger charge is 2.55. The summed E-state index contributed by atoms with van der Waals surface area (Å²) in [6.45, 7) is -0.536. The van der Waals surface area contributed by atoms with Gasteiger partial charge in [-0.15, -0.1) is 0 Å². The lowest BCUT2D eigenvalue weighted by Gasteiger charge is -2.44. The fraction of sp³-hybridized carbons (Fsp3) is 1.00. The van der Waals surface area contributed by atoms with Crippen LogP contribution in [0, 0.1) is 5.92 Å². The molecule has 0 aromatic carbocycles. The Morgan fingerprint density at radius 1 is 0.862 bits per heavy atom. The Balaban J connectivity index is 1.75. The summed E-state index contributed by atoms with van der Waals surface area (Å²) in [5.41, 5.74) is 23.5. The van der Waals surface area contributed by atoms with Gasteiger partial charge in [-0.2, -0.15) is 0 Å². The summed E-state index contributed by atoms with van der Waals surface area (Å²) in [4.78, 5) is 0. The van der Waals surface area contributed by atoms with Crippen molar-refractivity contribution in [1.82, 2.24) is 0 Å². The molecule has 12 nitrogen and oxygen atoms in total. The number of hydrogen-bond donors (Lipinski definition) is 9. The summed E-state index contributed by atoms with van der Waals surface area (Å²) in [5, 5.41) is 51.2. The van der Waals surface area contributed by atoms with Crippen molar-refractivity contribution < 1.29 is 39.7 Å². The first-order valence-corrected chi connectivity index (χ1v) is 9.95. The molecule has 170 valence electrons. The van der Waals surface area contributed by atoms with Gasteiger partial charge in [0.25, 0.3) is 0 Å². The van der Waals surface area contributed by atoms with E-state index in [2.05, 4.69) is 0 Å². The molecule has 13 N–H and O–H groups in total. The smallest absolute Gasteiger partial charge is 0.184 e. The van der Waals surface area contributed by atoms with Gasteiger partial charge in [0.1, 0.15) is 18.3 Å². The predicted molar refractivity (Wildman–Crippen MR) is 99.0 cm³/mol. The summed E-state index contributed by atoms with van der Waals surface area (Å²) >= 11 is 0. The number of nitrogens with two attached hydrogens (primary N) is 4. The Hall–Kier alpha value is -0.480. The minimum atomic E-state index is -1.33. The second-order valence-corrected chi connectivity index (χ2v) is 8.29. The molecule has 2 aliphatic heterocycles. The molecule has 1 unspecified atom stereocenters. The van der Waals surface area contributed by atoms with E-state index in [4.69, 9.17) is 37.1 Å². The van der Waals surface area contributed by atoms with Gasteiger partial charge in [-0.1, -0.05) is 0 Å². The molecule has 0 amide bonds. The fourth-order valence-electron chi connectivity index (χ4n) is 4.59. The maximum Gasteiger partial charge on any atom is 0.184 e. The summed E-state index contributed by atoms with van der Waals surface area (Å²) in [6.07, 6.45) is -8.79. The third-order valence-corrected chi connectivity index (χ3v) is 6.28. The van der Waals surface area contributed by atoms with E-state index >= 15 is 0 Å². The monoisotopic (exact) mass is 422 g/mol. The first kappa shape index (κ1) is 23.2. The normalized spacial score (nSPS) is 53.9. The van der Waals surface area contributed by atoms with Crippen molar-refractivity contribution in [2.45, 2.75) is 86.1 Å². The molecule has 3 rings (SSSR count). The van der Waals surface area contributed by atoms with Gasteiger partial charge in [0.05, 0.1) is 43.2 Å². The largest absolute Gasteiger partial charge is 0.394 e. The molecule has 0 aromatic heterocycles. The molecule has 13 atom stereocenters. The molecule has 0 spiro atoms. The SMILES string of the molecule is NC[C@H]1OC([C@H]2[C@@H](O)[C@H](O[C@H]3C[C@@H](N)C[C@@H](N)[C@@H]3O)O[C@@H]2CO)[C@H](N)[C@@H](O)[C@@H]1O. The summed E-state index contributed by atoms with van der Waals surface area (Å²) in [6, 6.07) is -1.88. The molecule has 0 bridgehead atoms. The van der Waals surface area contributed by atoms with Crippen molar-refractivity contribution in [2.24, 2.45) is 28.9 Å². The highest BCUT2D eigenvalue weighted by molar-refractivity contribution is 5.03. The second-order valence-electron chi connectivity index (χ2n) is 8.29. The van der Waals surface area contributed by atoms with Crippen LogP contribution in [0.5, 0.6) is 0 Å². The Morgan fingerprint density at radius 2 is 1.55 bits per heavy atom. The molecule has 1 saturated carbocycles. The van der Waals surface area contributed by atoms with Crippen LogP contribution in [0.3, 0.4) is 0 Å². The predicted octanol–water partition coefficient (Wildman–Crippen LogP) is -5.35. The van der Waals surface area contributed by atoms with Crippen LogP contribution in [0.4, 0.5) is 0 Å². The number of ether oxygens (including phenoxy) is 3. The van der Waals surface area contributed by atoms with E-state index in [9.17, 15) is 25.5 Å². The zero-order valence-corrected chi connectivity index (χ0v) is 16.1. The van der Waals surface area contributed by atoms with Crippen LogP contribution in [-0.2, 0) is 14.2 Å². The Morgan fingerprint density at radius 3 is 2.17 bits per heavy atom. The minimum absolute atomic E-state index is 0.0706. The third kappa shape index (κ3) is 4.44. The molecular formula is C17H34N4O8. The van der Waals surface area contributed by atoms with Gasteiger partial charge < -0.3 is 62.7 Å². The van der Waals surface area contributed by atoms with Gasteiger partial charge in [-0.3, -0.25) is 0 Å². The quantitative estimate of drug-likeness (QED) is 0.202. The molecule has 1 aliphatic carbocycles. The number of aliphatic hydroxyl groups is 5. The summed E-state index contributed by atoms with van der Waals surface area (Å²) in [7, 11) is 0. The van der Waals surface area contributed by atoms with Crippen LogP contribution in [0.15, 0.2) is 0 Å². The van der Waals surface area contributed by atoms with Crippen molar-refractivity contribution in [2.75, 3.05) is 13.2 Å². The number of hydrogen-bond acceptors (Lipinski definition) is 12. The van der Waals surface area contributed by atoms with Crippen molar-refractivity contribution in [1.29, 1.82) is 0 Å². The van der Waals surface area contributed by atoms with E-state index in [1.54, 1.807) is 0 Å². The molecule has 2 saturated heterocycles. The maximum absolute atomic E-state index is 10.9. The van der Waals surface area contributed by atoms with Crippen LogP contribution >= 0.6 is 0 Å². The van der Waals surface area contributed by atoms with Crippen LogP contribution in [-0.4, -0.2) is 112 Å². The lowest BCUT2D eigenvalue weighted by Crippen LogP contribution is -2.66. The average Bonchev–Trinajstić information content (AvgIpc) is 2.99. The van der Waals surface area contributed by atoms with Crippen molar-refractivity contribution in [3.63, 3.8) is 0 Å². The molecule has 0 radical (unpaired) electrons. The third-order valence-electron chi connectivity index (χ3n) is 6.28. The van der Waals surface area contributed by atoms with Crippen LogP contribution in [0.2, 0.25) is 0 Å². The van der Waals surface area contributed by atoms with E-state index in [-0.39, 0.29) is 12.6 Å². The van der Waals surface area contributed by atoms with E-state index in [0.29, 0.717) is 12.8 Å². The molecule has 3 aliphatic rings. The van der Waals surface area contributed by atoms with Gasteiger partial charge in [-0.05, 0) is 12.8 Å². The van der Waals surface area contributed by atoms with Crippen molar-refractivity contribution >= 4 is 0 Å². The number of rotatable bonds is 5. The zero-order chi connectivity index (χ0) is 21.5. The first-order valence-electron chi connectivity index (χ1n) is 9.95. The van der Waals surface area contributed by atoms with Crippen molar-refractivity contribution in [3.8, 4) is 0 Å². The lowest BCUT2D eigenvalue weighted by molar-refractivity contribution is -0.220. The highest BCUT2D eigenvalue weighted by atomic mass is 16.7. The zero-order valence-electron chi connectivity index (χ0n) is 16.1. The van der Waals surface area contributed by atoms with Gasteiger partial charge >= 0.3 is 0 Å². The average molecular weight is 422 g/mol. The van der Waals surface area contributed by atoms with E-state index in [1.807, 2.05) is 0 Å². The topological polar surface area (TPSA) is 233 Å². The van der Waals surface area contributed by atoms with E-state index in [0.717, 1.165) is 0 Å². The number of aliphatic hydroxyl groups excluding tert-OH is 5. The van der Waals surface area contributed by atoms with Gasteiger partial charge in [0.2, 0.25) is 0 Å². The molecule has 3 fully saturated rings. The second kappa shape index (κ2) is 9.34. The van der Waals surface area contributed by atoms with Crippen LogP contribution in [0.25, 0.3) is 0 Å². The van der Waals surface area contributed by atoms with Gasteiger partial charge in [0, 0.05) is 24.5 Å². The van der Waals surface area contributed by atoms with E-state index < -0.39 is 79.7 Å². The summed E-state index contributed by atoms with van der Waals surface area (Å²) in [5.74, 6) is -0.862. The molecule has 29 heavy (non-hydrogen) atoms. The van der Waals surface area contributed by atoms with Gasteiger partial charge in [0.15, 0.2) is 6.29 Å². The minimum Gasteiger partial charge on any atom is -0.394 e.